The van der Waals surface area contributed by atoms with Gasteiger partial charge in [-0.15, -0.1) is 0 Å². The average Bonchev–Trinajstić information content (AvgIpc) is 3.40. The Hall–Kier alpha value is -4.23. The van der Waals surface area contributed by atoms with Gasteiger partial charge in [0.15, 0.2) is 29.1 Å². The number of anilines is 3. The van der Waals surface area contributed by atoms with Crippen molar-refractivity contribution in [3.8, 4) is 0 Å². The summed E-state index contributed by atoms with van der Waals surface area (Å²) < 4.78 is 55.9. The van der Waals surface area contributed by atoms with Gasteiger partial charge in [0.25, 0.3) is 0 Å². The number of amides is 3. The number of fused-ring (bicyclic) bond motifs is 1. The molecule has 36 heavy (non-hydrogen) atoms. The van der Waals surface area contributed by atoms with Crippen molar-refractivity contribution in [1.82, 2.24) is 24.6 Å². The minimum absolute atomic E-state index is 0.00739. The zero-order valence-corrected chi connectivity index (χ0v) is 18.9. The molecular formula is C22H20F4N8O2. The summed E-state index contributed by atoms with van der Waals surface area (Å²) >= 11 is 0. The highest BCUT2D eigenvalue weighted by Crippen LogP contribution is 2.31. The van der Waals surface area contributed by atoms with Crippen molar-refractivity contribution in [1.29, 1.82) is 0 Å². The number of hydrogen-bond donors (Lipinski definition) is 2. The molecule has 0 radical (unpaired) electrons. The van der Waals surface area contributed by atoms with Crippen molar-refractivity contribution in [2.45, 2.75) is 38.5 Å². The van der Waals surface area contributed by atoms with Gasteiger partial charge in [0.05, 0.1) is 48.9 Å². The van der Waals surface area contributed by atoms with Crippen molar-refractivity contribution < 1.29 is 27.2 Å². The molecule has 2 aromatic heterocycles. The number of urea groups is 1. The normalized spacial score (nSPS) is 19.4. The van der Waals surface area contributed by atoms with Crippen LogP contribution < -0.4 is 15.5 Å². The Morgan fingerprint density at radius 2 is 1.83 bits per heavy atom. The van der Waals surface area contributed by atoms with Crippen molar-refractivity contribution in [2.75, 3.05) is 22.1 Å². The molecule has 188 valence electrons. The van der Waals surface area contributed by atoms with E-state index in [1.54, 1.807) is 11.6 Å². The van der Waals surface area contributed by atoms with Crippen molar-refractivity contribution >= 4 is 29.1 Å². The SMILES string of the molecule is C[C@H]1Cn2ncc(N3CC(Nc4ncncc4F)CC3=O)c2CN1C(=O)Nc1cc(F)c(F)c(F)c1. The monoisotopic (exact) mass is 504 g/mol. The molecule has 1 fully saturated rings. The standard InChI is InChI=1S/C22H20F4N8O2/c1-11-7-34-18(9-32(11)22(36)31-12-2-14(23)20(26)15(24)3-12)17(6-29-34)33-8-13(4-19(33)35)30-21-16(25)5-27-10-28-21/h2-3,5-6,10-11,13H,4,7-9H2,1H3,(H,31,36)(H,27,28,30)/t11-,13?/m0/s1. The molecule has 2 aliphatic rings. The zero-order valence-electron chi connectivity index (χ0n) is 18.9. The summed E-state index contributed by atoms with van der Waals surface area (Å²) in [6.45, 7) is 2.35. The summed E-state index contributed by atoms with van der Waals surface area (Å²) in [6.07, 6.45) is 3.84. The maximum absolute atomic E-state index is 13.9. The lowest BCUT2D eigenvalue weighted by Crippen LogP contribution is -2.47. The number of halogens is 4. The van der Waals surface area contributed by atoms with Crippen LogP contribution in [0.3, 0.4) is 0 Å². The van der Waals surface area contributed by atoms with Gasteiger partial charge in [-0.05, 0) is 6.92 Å². The highest BCUT2D eigenvalue weighted by atomic mass is 19.2. The van der Waals surface area contributed by atoms with E-state index in [1.807, 2.05) is 0 Å². The van der Waals surface area contributed by atoms with Crippen LogP contribution >= 0.6 is 0 Å². The summed E-state index contributed by atoms with van der Waals surface area (Å²) in [6, 6.07) is -0.0286. The number of carbonyl (C=O) groups is 2. The van der Waals surface area contributed by atoms with E-state index >= 15 is 0 Å². The van der Waals surface area contributed by atoms with Crippen LogP contribution in [0.1, 0.15) is 19.0 Å². The van der Waals surface area contributed by atoms with E-state index in [0.29, 0.717) is 30.1 Å². The molecule has 14 heteroatoms. The summed E-state index contributed by atoms with van der Waals surface area (Å²) in [4.78, 5) is 36.1. The average molecular weight is 504 g/mol. The molecule has 3 amide bonds. The number of nitrogens with one attached hydrogen (secondary N) is 2. The summed E-state index contributed by atoms with van der Waals surface area (Å²) in [5, 5.41) is 9.63. The number of aromatic nitrogens is 4. The van der Waals surface area contributed by atoms with Gasteiger partial charge >= 0.3 is 6.03 Å². The van der Waals surface area contributed by atoms with Crippen LogP contribution in [0.15, 0.2) is 30.9 Å². The summed E-state index contributed by atoms with van der Waals surface area (Å²) in [5.74, 6) is -5.33. The molecule has 0 bridgehead atoms. The second-order valence-corrected chi connectivity index (χ2v) is 8.59. The number of hydrogen-bond acceptors (Lipinski definition) is 6. The van der Waals surface area contributed by atoms with Crippen LogP contribution in [0.25, 0.3) is 0 Å². The Labute approximate surface area is 201 Å². The van der Waals surface area contributed by atoms with E-state index in [0.717, 1.165) is 6.20 Å². The fraction of sp³-hybridized carbons (Fsp3) is 0.318. The fourth-order valence-electron chi connectivity index (χ4n) is 4.36. The van der Waals surface area contributed by atoms with Crippen LogP contribution in [0.4, 0.5) is 39.5 Å². The molecule has 3 aromatic rings. The maximum Gasteiger partial charge on any atom is 0.322 e. The lowest BCUT2D eigenvalue weighted by molar-refractivity contribution is -0.117. The number of nitrogens with zero attached hydrogens (tertiary/aromatic N) is 6. The quantitative estimate of drug-likeness (QED) is 0.418. The van der Waals surface area contributed by atoms with Gasteiger partial charge in [0.2, 0.25) is 5.91 Å². The molecule has 2 atom stereocenters. The van der Waals surface area contributed by atoms with Crippen LogP contribution in [-0.4, -0.2) is 55.2 Å². The van der Waals surface area contributed by atoms with E-state index in [-0.39, 0.29) is 43.0 Å². The number of carbonyl (C=O) groups excluding carboxylic acids is 2. The Morgan fingerprint density at radius 1 is 1.08 bits per heavy atom. The first kappa shape index (κ1) is 23.5. The van der Waals surface area contributed by atoms with Crippen molar-refractivity contribution in [3.05, 3.63) is 59.8 Å². The third-order valence-corrected chi connectivity index (χ3v) is 6.14. The van der Waals surface area contributed by atoms with Crippen molar-refractivity contribution in [2.24, 2.45) is 0 Å². The highest BCUT2D eigenvalue weighted by molar-refractivity contribution is 5.97. The minimum Gasteiger partial charge on any atom is -0.362 e. The molecule has 10 nitrogen and oxygen atoms in total. The van der Waals surface area contributed by atoms with E-state index in [9.17, 15) is 27.2 Å². The summed E-state index contributed by atoms with van der Waals surface area (Å²) in [5.41, 5.74) is 0.849. The number of benzene rings is 1. The zero-order chi connectivity index (χ0) is 25.6. The molecule has 4 heterocycles. The van der Waals surface area contributed by atoms with E-state index in [2.05, 4.69) is 25.7 Å². The Bertz CT molecular complexity index is 1330. The van der Waals surface area contributed by atoms with Gasteiger partial charge in [-0.3, -0.25) is 9.48 Å². The van der Waals surface area contributed by atoms with Crippen LogP contribution in [-0.2, 0) is 17.9 Å². The van der Waals surface area contributed by atoms with E-state index in [4.69, 9.17) is 0 Å². The molecule has 2 aliphatic heterocycles. The third-order valence-electron chi connectivity index (χ3n) is 6.14. The molecule has 0 spiro atoms. The minimum atomic E-state index is -1.63. The van der Waals surface area contributed by atoms with Crippen LogP contribution in [0.2, 0.25) is 0 Å². The topological polar surface area (TPSA) is 108 Å². The van der Waals surface area contributed by atoms with Gasteiger partial charge in [0.1, 0.15) is 6.33 Å². The maximum atomic E-state index is 13.9. The lowest BCUT2D eigenvalue weighted by atomic mass is 10.2. The molecule has 1 saturated heterocycles. The molecule has 0 aliphatic carbocycles. The van der Waals surface area contributed by atoms with Gasteiger partial charge in [-0.1, -0.05) is 0 Å². The second-order valence-electron chi connectivity index (χ2n) is 8.59. The molecular weight excluding hydrogens is 484 g/mol. The largest absolute Gasteiger partial charge is 0.362 e. The van der Waals surface area contributed by atoms with Crippen molar-refractivity contribution in [3.63, 3.8) is 0 Å². The smallest absolute Gasteiger partial charge is 0.322 e. The Balaban J connectivity index is 1.32. The van der Waals surface area contributed by atoms with Crippen LogP contribution in [0, 0.1) is 23.3 Å². The highest BCUT2D eigenvalue weighted by Gasteiger charge is 2.37. The third kappa shape index (κ3) is 4.29. The molecule has 2 N–H and O–H groups in total. The lowest BCUT2D eigenvalue weighted by Gasteiger charge is -2.35. The molecule has 0 saturated carbocycles. The van der Waals surface area contributed by atoms with Gasteiger partial charge in [-0.25, -0.2) is 32.3 Å². The first-order valence-corrected chi connectivity index (χ1v) is 11.0. The molecule has 5 rings (SSSR count). The van der Waals surface area contributed by atoms with Gasteiger partial charge < -0.3 is 20.4 Å². The predicted octanol–water partition coefficient (Wildman–Crippen LogP) is 2.88. The number of rotatable bonds is 4. The van der Waals surface area contributed by atoms with E-state index < -0.39 is 35.3 Å². The fourth-order valence-corrected chi connectivity index (χ4v) is 4.36. The second kappa shape index (κ2) is 9.09. The molecule has 1 aromatic carbocycles. The van der Waals surface area contributed by atoms with Crippen LogP contribution in [0.5, 0.6) is 0 Å². The van der Waals surface area contributed by atoms with E-state index in [1.165, 1.54) is 22.3 Å². The van der Waals surface area contributed by atoms with Gasteiger partial charge in [0, 0.05) is 30.8 Å². The Kier molecular flexibility index (Phi) is 5.94. The first-order chi connectivity index (χ1) is 17.2. The first-order valence-electron chi connectivity index (χ1n) is 11.0. The molecule has 1 unspecified atom stereocenters. The summed E-state index contributed by atoms with van der Waals surface area (Å²) in [7, 11) is 0. The Morgan fingerprint density at radius 3 is 2.56 bits per heavy atom. The predicted molar refractivity (Wildman–Crippen MR) is 119 cm³/mol. The van der Waals surface area contributed by atoms with Gasteiger partial charge in [-0.2, -0.15) is 5.10 Å².